The minimum Gasteiger partial charge on any atom is -0.494 e. The Morgan fingerprint density at radius 1 is 1.11 bits per heavy atom. The molecule has 0 saturated carbocycles. The molecule has 1 atom stereocenters. The third-order valence-electron chi connectivity index (χ3n) is 4.23. The van der Waals surface area contributed by atoms with Gasteiger partial charge in [-0.15, -0.1) is 0 Å². The van der Waals surface area contributed by atoms with E-state index in [0.29, 0.717) is 23.6 Å². The Hall–Kier alpha value is -3.19. The highest BCUT2D eigenvalue weighted by molar-refractivity contribution is 6.22. The van der Waals surface area contributed by atoms with Crippen molar-refractivity contribution in [3.63, 3.8) is 0 Å². The van der Waals surface area contributed by atoms with Gasteiger partial charge in [-0.2, -0.15) is 0 Å². The molecule has 1 fully saturated rings. The lowest BCUT2D eigenvalue weighted by molar-refractivity contribution is -0.121. The van der Waals surface area contributed by atoms with Gasteiger partial charge in [-0.25, -0.2) is 10.3 Å². The second-order valence-electron chi connectivity index (χ2n) is 6.22. The second-order valence-corrected chi connectivity index (χ2v) is 6.22. The summed E-state index contributed by atoms with van der Waals surface area (Å²) in [6.45, 7) is 4.34. The maximum Gasteiger partial charge on any atom is 0.265 e. The standard InChI is InChI=1S/C20H21N3O4/c1-3-27-16-10-8-15(9-11-16)23-18(24)12-17(20(23)26)21-22-19(25)14-6-4-13(2)5-7-14/h4-11,17,21H,3,12H2,1-2H3,(H,22,25). The van der Waals surface area contributed by atoms with Gasteiger partial charge in [0, 0.05) is 5.56 Å². The Morgan fingerprint density at radius 2 is 1.78 bits per heavy atom. The van der Waals surface area contributed by atoms with E-state index in [1.165, 1.54) is 0 Å². The first-order valence-corrected chi connectivity index (χ1v) is 8.71. The van der Waals surface area contributed by atoms with Crippen molar-refractivity contribution >= 4 is 23.4 Å². The molecule has 0 aliphatic carbocycles. The molecule has 1 aliphatic rings. The van der Waals surface area contributed by atoms with Crippen LogP contribution in [0.25, 0.3) is 0 Å². The van der Waals surface area contributed by atoms with E-state index in [4.69, 9.17) is 4.74 Å². The quantitative estimate of drug-likeness (QED) is 0.602. The highest BCUT2D eigenvalue weighted by Crippen LogP contribution is 2.25. The van der Waals surface area contributed by atoms with Gasteiger partial charge in [0.2, 0.25) is 5.91 Å². The molecule has 140 valence electrons. The maximum absolute atomic E-state index is 12.6. The molecule has 1 aliphatic heterocycles. The summed E-state index contributed by atoms with van der Waals surface area (Å²) in [5.41, 5.74) is 7.15. The summed E-state index contributed by atoms with van der Waals surface area (Å²) in [5.74, 6) is -0.435. The van der Waals surface area contributed by atoms with Crippen LogP contribution in [0.15, 0.2) is 48.5 Å². The van der Waals surface area contributed by atoms with Crippen LogP contribution in [0.4, 0.5) is 5.69 Å². The largest absolute Gasteiger partial charge is 0.494 e. The zero-order chi connectivity index (χ0) is 19.4. The fraction of sp³-hybridized carbons (Fsp3) is 0.250. The van der Waals surface area contributed by atoms with E-state index in [2.05, 4.69) is 10.9 Å². The highest BCUT2D eigenvalue weighted by atomic mass is 16.5. The van der Waals surface area contributed by atoms with Gasteiger partial charge in [-0.05, 0) is 50.2 Å². The lowest BCUT2D eigenvalue weighted by Gasteiger charge is -2.16. The van der Waals surface area contributed by atoms with Crippen LogP contribution in [-0.4, -0.2) is 30.4 Å². The molecule has 2 aromatic carbocycles. The lowest BCUT2D eigenvalue weighted by Crippen LogP contribution is -2.48. The number of anilines is 1. The minimum atomic E-state index is -0.807. The molecule has 3 rings (SSSR count). The Balaban J connectivity index is 1.63. The molecule has 2 aromatic rings. The van der Waals surface area contributed by atoms with Crippen molar-refractivity contribution in [3.8, 4) is 5.75 Å². The van der Waals surface area contributed by atoms with Crippen molar-refractivity contribution in [3.05, 3.63) is 59.7 Å². The summed E-state index contributed by atoms with van der Waals surface area (Å²) in [6, 6.07) is 13.0. The van der Waals surface area contributed by atoms with E-state index < -0.39 is 11.9 Å². The summed E-state index contributed by atoms with van der Waals surface area (Å²) >= 11 is 0. The molecule has 7 heteroatoms. The number of benzene rings is 2. The van der Waals surface area contributed by atoms with Crippen molar-refractivity contribution < 1.29 is 19.1 Å². The van der Waals surface area contributed by atoms with Gasteiger partial charge in [0.25, 0.3) is 11.8 Å². The highest BCUT2D eigenvalue weighted by Gasteiger charge is 2.39. The van der Waals surface area contributed by atoms with Crippen LogP contribution < -0.4 is 20.5 Å². The summed E-state index contributed by atoms with van der Waals surface area (Å²) in [7, 11) is 0. The summed E-state index contributed by atoms with van der Waals surface area (Å²) in [6.07, 6.45) is -0.0276. The van der Waals surface area contributed by atoms with Crippen molar-refractivity contribution in [2.75, 3.05) is 11.5 Å². The molecular formula is C20H21N3O4. The molecule has 1 saturated heterocycles. The predicted molar refractivity (Wildman–Crippen MR) is 100 cm³/mol. The molecule has 2 N–H and O–H groups in total. The Bertz CT molecular complexity index is 847. The fourth-order valence-corrected chi connectivity index (χ4v) is 2.80. The van der Waals surface area contributed by atoms with Crippen LogP contribution in [0.1, 0.15) is 29.3 Å². The smallest absolute Gasteiger partial charge is 0.265 e. The average Bonchev–Trinajstić information content (AvgIpc) is 2.95. The Labute approximate surface area is 157 Å². The van der Waals surface area contributed by atoms with E-state index in [0.717, 1.165) is 10.5 Å². The molecule has 0 radical (unpaired) electrons. The first-order chi connectivity index (χ1) is 13.0. The van der Waals surface area contributed by atoms with Crippen molar-refractivity contribution in [1.29, 1.82) is 0 Å². The molecule has 0 spiro atoms. The van der Waals surface area contributed by atoms with Gasteiger partial charge in [0.1, 0.15) is 11.8 Å². The number of carbonyl (C=O) groups excluding carboxylic acids is 3. The van der Waals surface area contributed by atoms with E-state index in [1.807, 2.05) is 26.0 Å². The molecular weight excluding hydrogens is 346 g/mol. The first-order valence-electron chi connectivity index (χ1n) is 8.71. The van der Waals surface area contributed by atoms with Gasteiger partial charge in [0.05, 0.1) is 18.7 Å². The molecule has 0 aromatic heterocycles. The number of hydrazine groups is 1. The summed E-state index contributed by atoms with van der Waals surface area (Å²) < 4.78 is 5.36. The zero-order valence-corrected chi connectivity index (χ0v) is 15.2. The number of carbonyl (C=O) groups is 3. The predicted octanol–water partition coefficient (Wildman–Crippen LogP) is 1.96. The fourth-order valence-electron chi connectivity index (χ4n) is 2.80. The van der Waals surface area contributed by atoms with E-state index in [9.17, 15) is 14.4 Å². The van der Waals surface area contributed by atoms with Crippen LogP contribution in [0.5, 0.6) is 5.75 Å². The third kappa shape index (κ3) is 4.15. The van der Waals surface area contributed by atoms with Crippen LogP contribution in [0.3, 0.4) is 0 Å². The minimum absolute atomic E-state index is 0.0276. The summed E-state index contributed by atoms with van der Waals surface area (Å²) in [5, 5.41) is 0. The number of nitrogens with one attached hydrogen (secondary N) is 2. The van der Waals surface area contributed by atoms with E-state index in [-0.39, 0.29) is 18.2 Å². The van der Waals surface area contributed by atoms with Crippen LogP contribution in [-0.2, 0) is 9.59 Å². The zero-order valence-electron chi connectivity index (χ0n) is 15.2. The van der Waals surface area contributed by atoms with Gasteiger partial charge in [-0.3, -0.25) is 19.8 Å². The van der Waals surface area contributed by atoms with Gasteiger partial charge >= 0.3 is 0 Å². The summed E-state index contributed by atoms with van der Waals surface area (Å²) in [4.78, 5) is 38.1. The van der Waals surface area contributed by atoms with Crippen LogP contribution >= 0.6 is 0 Å². The van der Waals surface area contributed by atoms with Crippen molar-refractivity contribution in [2.45, 2.75) is 26.3 Å². The number of imide groups is 1. The Morgan fingerprint density at radius 3 is 2.41 bits per heavy atom. The normalized spacial score (nSPS) is 16.5. The van der Waals surface area contributed by atoms with Crippen molar-refractivity contribution in [1.82, 2.24) is 10.9 Å². The number of nitrogens with zero attached hydrogens (tertiary/aromatic N) is 1. The average molecular weight is 367 g/mol. The molecule has 7 nitrogen and oxygen atoms in total. The van der Waals surface area contributed by atoms with Crippen LogP contribution in [0.2, 0.25) is 0 Å². The van der Waals surface area contributed by atoms with Gasteiger partial charge < -0.3 is 4.74 Å². The van der Waals surface area contributed by atoms with Crippen LogP contribution in [0, 0.1) is 6.92 Å². The topological polar surface area (TPSA) is 87.7 Å². The van der Waals surface area contributed by atoms with Gasteiger partial charge in [0.15, 0.2) is 0 Å². The second kappa shape index (κ2) is 8.01. The molecule has 1 heterocycles. The Kier molecular flexibility index (Phi) is 5.52. The third-order valence-corrected chi connectivity index (χ3v) is 4.23. The van der Waals surface area contributed by atoms with E-state index in [1.54, 1.807) is 36.4 Å². The first kappa shape index (κ1) is 18.6. The number of hydrogen-bond donors (Lipinski definition) is 2. The molecule has 0 bridgehead atoms. The monoisotopic (exact) mass is 367 g/mol. The molecule has 1 unspecified atom stereocenters. The number of aryl methyl sites for hydroxylation is 1. The number of amides is 3. The van der Waals surface area contributed by atoms with E-state index >= 15 is 0 Å². The SMILES string of the molecule is CCOc1ccc(N2C(=O)CC(NNC(=O)c3ccc(C)cc3)C2=O)cc1. The number of hydrogen-bond acceptors (Lipinski definition) is 5. The van der Waals surface area contributed by atoms with Crippen molar-refractivity contribution in [2.24, 2.45) is 0 Å². The molecule has 3 amide bonds. The van der Waals surface area contributed by atoms with Gasteiger partial charge in [-0.1, -0.05) is 17.7 Å². The number of rotatable bonds is 6. The lowest BCUT2D eigenvalue weighted by atomic mass is 10.1. The maximum atomic E-state index is 12.6. The number of ether oxygens (including phenoxy) is 1. The molecule has 27 heavy (non-hydrogen) atoms.